The van der Waals surface area contributed by atoms with Crippen LogP contribution in [-0.2, 0) is 21.3 Å². The smallest absolute Gasteiger partial charge is 0.311 e. The van der Waals surface area contributed by atoms with Gasteiger partial charge in [-0.1, -0.05) is 15.9 Å². The van der Waals surface area contributed by atoms with Crippen LogP contribution >= 0.6 is 15.9 Å². The summed E-state index contributed by atoms with van der Waals surface area (Å²) in [6.07, 6.45) is -3.22. The molecule has 1 rings (SSSR count). The largest absolute Gasteiger partial charge is 0.466 e. The Morgan fingerprint density at radius 1 is 1.56 bits per heavy atom. The monoisotopic (exact) mass is 325 g/mol. The van der Waals surface area contributed by atoms with Crippen LogP contribution in [0.1, 0.15) is 30.3 Å². The van der Waals surface area contributed by atoms with Crippen LogP contribution in [0.25, 0.3) is 0 Å². The molecule has 0 saturated carbocycles. The highest BCUT2D eigenvalue weighted by Gasteiger charge is 2.20. The number of halogens is 4. The van der Waals surface area contributed by atoms with Crippen molar-refractivity contribution in [3.63, 3.8) is 0 Å². The van der Waals surface area contributed by atoms with Crippen LogP contribution in [0, 0.1) is 5.82 Å². The van der Waals surface area contributed by atoms with Gasteiger partial charge in [0.25, 0.3) is 6.43 Å². The second-order valence-corrected chi connectivity index (χ2v) is 3.94. The van der Waals surface area contributed by atoms with Crippen molar-refractivity contribution in [2.45, 2.75) is 25.1 Å². The zero-order valence-corrected chi connectivity index (χ0v) is 11.1. The Bertz CT molecular complexity index is 441. The number of nitrogens with zero attached hydrogens (tertiary/aromatic N) is 1. The number of ether oxygens (including phenoxy) is 1. The van der Waals surface area contributed by atoms with Crippen molar-refractivity contribution in [1.82, 2.24) is 4.98 Å². The van der Waals surface area contributed by atoms with Gasteiger partial charge in [-0.05, 0) is 13.0 Å². The molecule has 0 atom stereocenters. The summed E-state index contributed by atoms with van der Waals surface area (Å²) in [4.78, 5) is 14.8. The second kappa shape index (κ2) is 6.72. The fourth-order valence-corrected chi connectivity index (χ4v) is 1.93. The van der Waals surface area contributed by atoms with Crippen molar-refractivity contribution in [2.24, 2.45) is 0 Å². The first-order valence-electron chi connectivity index (χ1n) is 5.17. The zero-order valence-electron chi connectivity index (χ0n) is 9.55. The molecule has 0 aliphatic carbocycles. The van der Waals surface area contributed by atoms with Gasteiger partial charge in [-0.2, -0.15) is 0 Å². The summed E-state index contributed by atoms with van der Waals surface area (Å²) >= 11 is 2.92. The van der Waals surface area contributed by atoms with E-state index in [-0.39, 0.29) is 29.6 Å². The van der Waals surface area contributed by atoms with Crippen LogP contribution in [0.5, 0.6) is 0 Å². The summed E-state index contributed by atoms with van der Waals surface area (Å²) in [6, 6.07) is 0.972. The molecule has 0 saturated heterocycles. The number of rotatable bonds is 5. The van der Waals surface area contributed by atoms with Crippen molar-refractivity contribution in [2.75, 3.05) is 6.61 Å². The summed E-state index contributed by atoms with van der Waals surface area (Å²) in [5.41, 5.74) is -0.908. The molecule has 1 aromatic heterocycles. The number of esters is 1. The first-order chi connectivity index (χ1) is 8.49. The van der Waals surface area contributed by atoms with Crippen LogP contribution in [0.2, 0.25) is 0 Å². The molecule has 0 unspecified atom stereocenters. The van der Waals surface area contributed by atoms with Crippen LogP contribution in [0.15, 0.2) is 6.07 Å². The third kappa shape index (κ3) is 3.69. The first kappa shape index (κ1) is 14.9. The predicted molar refractivity (Wildman–Crippen MR) is 62.1 cm³/mol. The molecule has 0 spiro atoms. The number of alkyl halides is 3. The van der Waals surface area contributed by atoms with E-state index in [1.54, 1.807) is 6.92 Å². The number of aromatic nitrogens is 1. The van der Waals surface area contributed by atoms with E-state index in [0.29, 0.717) is 0 Å². The molecule has 18 heavy (non-hydrogen) atoms. The number of carbonyl (C=O) groups is 1. The minimum Gasteiger partial charge on any atom is -0.466 e. The molecule has 0 bridgehead atoms. The molecule has 3 nitrogen and oxygen atoms in total. The molecular weight excluding hydrogens is 315 g/mol. The molecule has 1 heterocycles. The Hall–Kier alpha value is -1.11. The fraction of sp³-hybridized carbons (Fsp3) is 0.455. The molecule has 1 aromatic rings. The summed E-state index contributed by atoms with van der Waals surface area (Å²) in [5.74, 6) is -1.44. The van der Waals surface area contributed by atoms with E-state index in [4.69, 9.17) is 0 Å². The highest BCUT2D eigenvalue weighted by Crippen LogP contribution is 2.25. The Morgan fingerprint density at radius 2 is 2.22 bits per heavy atom. The minimum absolute atomic E-state index is 0.0639. The van der Waals surface area contributed by atoms with Crippen LogP contribution in [0.3, 0.4) is 0 Å². The molecule has 7 heteroatoms. The van der Waals surface area contributed by atoms with Crippen molar-refractivity contribution in [3.05, 3.63) is 28.8 Å². The normalized spacial score (nSPS) is 10.8. The van der Waals surface area contributed by atoms with Crippen molar-refractivity contribution in [3.8, 4) is 0 Å². The number of hydrogen-bond donors (Lipinski definition) is 0. The molecule has 0 fully saturated rings. The van der Waals surface area contributed by atoms with E-state index in [1.165, 1.54) is 0 Å². The topological polar surface area (TPSA) is 39.2 Å². The third-order valence-electron chi connectivity index (χ3n) is 2.13. The van der Waals surface area contributed by atoms with Crippen LogP contribution in [0.4, 0.5) is 13.2 Å². The predicted octanol–water partition coefficient (Wildman–Crippen LogP) is 3.16. The van der Waals surface area contributed by atoms with Gasteiger partial charge >= 0.3 is 5.97 Å². The lowest BCUT2D eigenvalue weighted by Gasteiger charge is -2.09. The molecule has 100 valence electrons. The maximum atomic E-state index is 13.6. The van der Waals surface area contributed by atoms with E-state index >= 15 is 0 Å². The van der Waals surface area contributed by atoms with Gasteiger partial charge in [-0.3, -0.25) is 9.78 Å². The van der Waals surface area contributed by atoms with E-state index in [2.05, 4.69) is 25.7 Å². The van der Waals surface area contributed by atoms with Gasteiger partial charge < -0.3 is 4.74 Å². The lowest BCUT2D eigenvalue weighted by atomic mass is 10.1. The van der Waals surface area contributed by atoms with Gasteiger partial charge in [0.05, 0.1) is 18.7 Å². The van der Waals surface area contributed by atoms with Crippen molar-refractivity contribution < 1.29 is 22.7 Å². The van der Waals surface area contributed by atoms with Gasteiger partial charge in [0.15, 0.2) is 0 Å². The quantitative estimate of drug-likeness (QED) is 0.616. The molecule has 0 aromatic carbocycles. The average molecular weight is 326 g/mol. The molecular formula is C11H11BrF3NO2. The average Bonchev–Trinajstić information content (AvgIpc) is 2.28. The van der Waals surface area contributed by atoms with E-state index in [0.717, 1.165) is 6.07 Å². The Labute approximate surface area is 110 Å². The zero-order chi connectivity index (χ0) is 13.7. The number of carbonyl (C=O) groups excluding carboxylic acids is 1. The van der Waals surface area contributed by atoms with Gasteiger partial charge in [0.2, 0.25) is 0 Å². The molecule has 0 aliphatic heterocycles. The van der Waals surface area contributed by atoms with Crippen LogP contribution < -0.4 is 0 Å². The van der Waals surface area contributed by atoms with Gasteiger partial charge in [0.1, 0.15) is 11.5 Å². The Morgan fingerprint density at radius 3 is 2.72 bits per heavy atom. The summed E-state index contributed by atoms with van der Waals surface area (Å²) in [7, 11) is 0. The maximum Gasteiger partial charge on any atom is 0.311 e. The van der Waals surface area contributed by atoms with E-state index in [1.807, 2.05) is 0 Å². The maximum absolute atomic E-state index is 13.6. The SMILES string of the molecule is CCOC(=O)Cc1cc(F)c(CBr)c(C(F)F)n1. The lowest BCUT2D eigenvalue weighted by molar-refractivity contribution is -0.142. The second-order valence-electron chi connectivity index (χ2n) is 3.38. The fourth-order valence-electron chi connectivity index (χ4n) is 1.37. The van der Waals surface area contributed by atoms with Crippen molar-refractivity contribution in [1.29, 1.82) is 0 Å². The highest BCUT2D eigenvalue weighted by molar-refractivity contribution is 9.08. The molecule has 0 radical (unpaired) electrons. The molecule has 0 N–H and O–H groups in total. The lowest BCUT2D eigenvalue weighted by Crippen LogP contribution is -2.11. The Kier molecular flexibility index (Phi) is 5.58. The molecule has 0 amide bonds. The van der Waals surface area contributed by atoms with E-state index in [9.17, 15) is 18.0 Å². The van der Waals surface area contributed by atoms with Gasteiger partial charge in [0, 0.05) is 10.9 Å². The van der Waals surface area contributed by atoms with Gasteiger partial charge in [-0.15, -0.1) is 0 Å². The highest BCUT2D eigenvalue weighted by atomic mass is 79.9. The van der Waals surface area contributed by atoms with Crippen molar-refractivity contribution >= 4 is 21.9 Å². The van der Waals surface area contributed by atoms with Gasteiger partial charge in [-0.25, -0.2) is 13.2 Å². The first-order valence-corrected chi connectivity index (χ1v) is 6.29. The van der Waals surface area contributed by atoms with E-state index < -0.39 is 23.9 Å². The van der Waals surface area contributed by atoms with Crippen LogP contribution in [-0.4, -0.2) is 17.6 Å². The third-order valence-corrected chi connectivity index (χ3v) is 2.69. The number of hydrogen-bond acceptors (Lipinski definition) is 3. The number of pyridine rings is 1. The summed E-state index contributed by atoms with van der Waals surface area (Å²) < 4.78 is 43.6. The molecule has 0 aliphatic rings. The minimum atomic E-state index is -2.89. The summed E-state index contributed by atoms with van der Waals surface area (Å²) in [5, 5.41) is -0.0643. The standard InChI is InChI=1S/C11H11BrF3NO2/c1-2-18-9(17)4-6-3-8(13)7(5-12)10(16-6)11(14)15/h3,11H,2,4-5H2,1H3. The Balaban J connectivity index is 3.05. The summed E-state index contributed by atoms with van der Waals surface area (Å²) in [6.45, 7) is 1.78.